The van der Waals surface area contributed by atoms with Crippen LogP contribution in [0.3, 0.4) is 0 Å². The van der Waals surface area contributed by atoms with Gasteiger partial charge in [0.1, 0.15) is 11.8 Å². The molecule has 1 aliphatic heterocycles. The molecule has 2 nitrogen and oxygen atoms in total. The van der Waals surface area contributed by atoms with E-state index in [0.717, 1.165) is 12.3 Å². The summed E-state index contributed by atoms with van der Waals surface area (Å²) < 4.78 is 5.57. The average Bonchev–Trinajstić information content (AvgIpc) is 3.04. The largest absolute Gasteiger partial charge is 0.467 e. The summed E-state index contributed by atoms with van der Waals surface area (Å²) in [5.41, 5.74) is 1.53. The Morgan fingerprint density at radius 1 is 1.50 bits per heavy atom. The van der Waals surface area contributed by atoms with Crippen molar-refractivity contribution >= 4 is 23.1 Å². The summed E-state index contributed by atoms with van der Waals surface area (Å²) >= 11 is 3.98. The van der Waals surface area contributed by atoms with Crippen molar-refractivity contribution in [2.24, 2.45) is 0 Å². The Hall–Kier alpha value is -0.710. The number of fused-ring (bicyclic) bond motifs is 1. The third kappa shape index (κ3) is 2.37. The van der Waals surface area contributed by atoms with Crippen molar-refractivity contribution in [3.8, 4) is 0 Å². The fourth-order valence-corrected chi connectivity index (χ4v) is 4.77. The van der Waals surface area contributed by atoms with Crippen LogP contribution in [-0.2, 0) is 12.2 Å². The minimum absolute atomic E-state index is 0.214. The Morgan fingerprint density at radius 3 is 3.17 bits per heavy atom. The molecule has 0 aromatic carbocycles. The van der Waals surface area contributed by atoms with Crippen LogP contribution in [0.5, 0.6) is 0 Å². The average molecular weight is 279 g/mol. The van der Waals surface area contributed by atoms with Gasteiger partial charge in [-0.15, -0.1) is 11.3 Å². The van der Waals surface area contributed by atoms with Crippen molar-refractivity contribution < 1.29 is 4.42 Å². The normalized spacial score (nSPS) is 16.5. The van der Waals surface area contributed by atoms with Crippen LogP contribution >= 0.6 is 23.1 Å². The lowest BCUT2D eigenvalue weighted by Crippen LogP contribution is -2.20. The molecule has 2 aromatic rings. The molecular formula is C14H17NOS2. The topological polar surface area (TPSA) is 25.2 Å². The summed E-state index contributed by atoms with van der Waals surface area (Å²) in [6, 6.07) is 6.59. The number of hydrogen-bond donors (Lipinski definition) is 1. The summed E-state index contributed by atoms with van der Waals surface area (Å²) in [5.74, 6) is 3.45. The molecule has 1 unspecified atom stereocenters. The molecule has 18 heavy (non-hydrogen) atoms. The maximum Gasteiger partial charge on any atom is 0.126 e. The summed E-state index contributed by atoms with van der Waals surface area (Å²) in [7, 11) is 0. The molecule has 0 amide bonds. The molecule has 3 heterocycles. The van der Waals surface area contributed by atoms with Crippen molar-refractivity contribution in [3.63, 3.8) is 0 Å². The molecule has 0 spiro atoms. The monoisotopic (exact) mass is 279 g/mol. The van der Waals surface area contributed by atoms with Gasteiger partial charge in [0, 0.05) is 15.5 Å². The second kappa shape index (κ2) is 5.51. The predicted molar refractivity (Wildman–Crippen MR) is 78.4 cm³/mol. The van der Waals surface area contributed by atoms with E-state index < -0.39 is 0 Å². The zero-order valence-electron chi connectivity index (χ0n) is 10.4. The van der Waals surface area contributed by atoms with Gasteiger partial charge >= 0.3 is 0 Å². The van der Waals surface area contributed by atoms with Crippen LogP contribution in [0.4, 0.5) is 0 Å². The summed E-state index contributed by atoms with van der Waals surface area (Å²) in [6.07, 6.45) is 2.98. The van der Waals surface area contributed by atoms with E-state index in [1.807, 2.05) is 29.2 Å². The molecule has 3 rings (SSSR count). The molecule has 1 aliphatic rings. The van der Waals surface area contributed by atoms with Crippen molar-refractivity contribution in [2.45, 2.75) is 25.1 Å². The highest BCUT2D eigenvalue weighted by atomic mass is 32.2. The molecule has 96 valence electrons. The highest BCUT2D eigenvalue weighted by Crippen LogP contribution is 2.36. The first-order chi connectivity index (χ1) is 8.88. The van der Waals surface area contributed by atoms with Crippen molar-refractivity contribution in [3.05, 3.63) is 45.5 Å². The standard InChI is InChI=1S/C14H17NOS2/c1-2-15-14(11-4-3-6-16-11)13-8-10-9-17-7-5-12(10)18-13/h3-4,6,8,14-15H,2,5,7,9H2,1H3. The quantitative estimate of drug-likeness (QED) is 0.921. The van der Waals surface area contributed by atoms with Gasteiger partial charge in [0.25, 0.3) is 0 Å². The number of rotatable bonds is 4. The molecule has 0 fully saturated rings. The lowest BCUT2D eigenvalue weighted by molar-refractivity contribution is 0.455. The lowest BCUT2D eigenvalue weighted by atomic mass is 10.1. The predicted octanol–water partition coefficient (Wildman–Crippen LogP) is 3.83. The third-order valence-electron chi connectivity index (χ3n) is 3.17. The Labute approximate surface area is 116 Å². The molecule has 0 saturated heterocycles. The first kappa shape index (κ1) is 12.3. The SMILES string of the molecule is CCNC(c1ccco1)c1cc2c(s1)CCSC2. The van der Waals surface area contributed by atoms with Crippen LogP contribution in [0.15, 0.2) is 28.9 Å². The van der Waals surface area contributed by atoms with Crippen LogP contribution in [0.2, 0.25) is 0 Å². The van der Waals surface area contributed by atoms with E-state index in [1.165, 1.54) is 28.4 Å². The van der Waals surface area contributed by atoms with E-state index in [4.69, 9.17) is 4.42 Å². The Balaban J connectivity index is 1.92. The maximum absolute atomic E-state index is 5.57. The van der Waals surface area contributed by atoms with Crippen molar-refractivity contribution in [1.29, 1.82) is 0 Å². The summed E-state index contributed by atoms with van der Waals surface area (Å²) in [5, 5.41) is 3.52. The van der Waals surface area contributed by atoms with Gasteiger partial charge in [-0.05, 0) is 42.5 Å². The van der Waals surface area contributed by atoms with Crippen molar-refractivity contribution in [2.75, 3.05) is 12.3 Å². The molecule has 2 aromatic heterocycles. The number of aryl methyl sites for hydroxylation is 1. The molecule has 1 atom stereocenters. The van der Waals surface area contributed by atoms with Crippen LogP contribution in [-0.4, -0.2) is 12.3 Å². The zero-order chi connectivity index (χ0) is 12.4. The number of thiophene rings is 1. The molecule has 0 bridgehead atoms. The van der Waals surface area contributed by atoms with Gasteiger partial charge in [-0.25, -0.2) is 0 Å². The highest BCUT2D eigenvalue weighted by molar-refractivity contribution is 7.98. The van der Waals surface area contributed by atoms with E-state index in [9.17, 15) is 0 Å². The van der Waals surface area contributed by atoms with E-state index in [2.05, 4.69) is 24.4 Å². The first-order valence-corrected chi connectivity index (χ1v) is 8.31. The van der Waals surface area contributed by atoms with Crippen LogP contribution in [0.25, 0.3) is 0 Å². The maximum atomic E-state index is 5.57. The van der Waals surface area contributed by atoms with E-state index >= 15 is 0 Å². The van der Waals surface area contributed by atoms with Gasteiger partial charge in [0.15, 0.2) is 0 Å². The molecule has 0 saturated carbocycles. The van der Waals surface area contributed by atoms with Gasteiger partial charge in [-0.2, -0.15) is 11.8 Å². The fraction of sp³-hybridized carbons (Fsp3) is 0.429. The van der Waals surface area contributed by atoms with Gasteiger partial charge in [-0.1, -0.05) is 6.92 Å². The number of hydrogen-bond acceptors (Lipinski definition) is 4. The van der Waals surface area contributed by atoms with E-state index in [1.54, 1.807) is 11.1 Å². The Morgan fingerprint density at radius 2 is 2.44 bits per heavy atom. The fourth-order valence-electron chi connectivity index (χ4n) is 2.31. The number of thioether (sulfide) groups is 1. The Bertz CT molecular complexity index is 480. The smallest absolute Gasteiger partial charge is 0.126 e. The van der Waals surface area contributed by atoms with Crippen LogP contribution < -0.4 is 5.32 Å². The minimum atomic E-state index is 0.214. The minimum Gasteiger partial charge on any atom is -0.467 e. The lowest BCUT2D eigenvalue weighted by Gasteiger charge is -2.13. The summed E-state index contributed by atoms with van der Waals surface area (Å²) in [6.45, 7) is 3.09. The highest BCUT2D eigenvalue weighted by Gasteiger charge is 2.21. The summed E-state index contributed by atoms with van der Waals surface area (Å²) in [4.78, 5) is 2.96. The number of furan rings is 1. The molecule has 1 N–H and O–H groups in total. The molecule has 0 radical (unpaired) electrons. The van der Waals surface area contributed by atoms with Crippen LogP contribution in [0, 0.1) is 0 Å². The molecular weight excluding hydrogens is 262 g/mol. The van der Waals surface area contributed by atoms with E-state index in [0.29, 0.717) is 0 Å². The Kier molecular flexibility index (Phi) is 3.77. The second-order valence-electron chi connectivity index (χ2n) is 4.41. The van der Waals surface area contributed by atoms with Gasteiger partial charge < -0.3 is 9.73 Å². The van der Waals surface area contributed by atoms with Crippen LogP contribution in [0.1, 0.15) is 34.0 Å². The van der Waals surface area contributed by atoms with Gasteiger partial charge in [0.2, 0.25) is 0 Å². The zero-order valence-corrected chi connectivity index (χ0v) is 12.1. The molecule has 4 heteroatoms. The van der Waals surface area contributed by atoms with E-state index in [-0.39, 0.29) is 6.04 Å². The molecule has 0 aliphatic carbocycles. The van der Waals surface area contributed by atoms with Gasteiger partial charge in [0.05, 0.1) is 6.26 Å². The second-order valence-corrected chi connectivity index (χ2v) is 6.68. The third-order valence-corrected chi connectivity index (χ3v) is 5.48. The number of nitrogens with one attached hydrogen (secondary N) is 1. The van der Waals surface area contributed by atoms with Crippen molar-refractivity contribution in [1.82, 2.24) is 5.32 Å². The first-order valence-electron chi connectivity index (χ1n) is 6.34. The van der Waals surface area contributed by atoms with Gasteiger partial charge in [-0.3, -0.25) is 0 Å².